The fourth-order valence-corrected chi connectivity index (χ4v) is 3.44. The van der Waals surface area contributed by atoms with Crippen molar-refractivity contribution in [3.05, 3.63) is 34.2 Å². The average Bonchev–Trinajstić information content (AvgIpc) is 3.15. The molecule has 5 heteroatoms. The molecule has 19 heavy (non-hydrogen) atoms. The van der Waals surface area contributed by atoms with E-state index in [4.69, 9.17) is 11.6 Å². The van der Waals surface area contributed by atoms with E-state index in [0.717, 1.165) is 28.1 Å². The minimum atomic E-state index is 0.0692. The third-order valence-corrected chi connectivity index (χ3v) is 4.83. The number of rotatable bonds is 5. The molecule has 1 fully saturated rings. The first-order valence-corrected chi connectivity index (χ1v) is 7.59. The van der Waals surface area contributed by atoms with E-state index < -0.39 is 0 Å². The number of hydrogen-bond acceptors (Lipinski definition) is 3. The lowest BCUT2D eigenvalue weighted by atomic mass is 10.2. The van der Waals surface area contributed by atoms with Gasteiger partial charge in [0.05, 0.1) is 11.6 Å². The van der Waals surface area contributed by atoms with Crippen LogP contribution in [-0.2, 0) is 11.3 Å². The second kappa shape index (κ2) is 5.49. The largest absolute Gasteiger partial charge is 0.352 e. The van der Waals surface area contributed by atoms with Gasteiger partial charge in [-0.15, -0.1) is 11.3 Å². The summed E-state index contributed by atoms with van der Waals surface area (Å²) < 4.78 is 1.19. The third-order valence-electron chi connectivity index (χ3n) is 3.12. The van der Waals surface area contributed by atoms with Crippen molar-refractivity contribution < 1.29 is 4.79 Å². The molecule has 1 aromatic heterocycles. The van der Waals surface area contributed by atoms with E-state index in [0.29, 0.717) is 19.1 Å². The molecule has 1 heterocycles. The molecule has 1 amide bonds. The van der Waals surface area contributed by atoms with Crippen LogP contribution in [0.25, 0.3) is 10.1 Å². The molecule has 1 aliphatic carbocycles. The molecule has 2 N–H and O–H groups in total. The standard InChI is InChI=1S/C14H15ClN2OS/c15-14-10-3-1-2-4-11(10)19-12(14)7-16-8-13(18)17-9-5-6-9/h1-4,9,16H,5-8H2,(H,17,18). The maximum Gasteiger partial charge on any atom is 0.234 e. The zero-order chi connectivity index (χ0) is 13.2. The normalized spacial score (nSPS) is 14.8. The van der Waals surface area contributed by atoms with Gasteiger partial charge in [-0.1, -0.05) is 29.8 Å². The molecule has 0 radical (unpaired) electrons. The zero-order valence-electron chi connectivity index (χ0n) is 10.4. The molecule has 2 aromatic rings. The second-order valence-corrected chi connectivity index (χ2v) is 6.30. The number of thiophene rings is 1. The van der Waals surface area contributed by atoms with Crippen LogP contribution >= 0.6 is 22.9 Å². The molecule has 100 valence electrons. The van der Waals surface area contributed by atoms with Gasteiger partial charge in [0.25, 0.3) is 0 Å². The first-order chi connectivity index (χ1) is 9.24. The molecule has 0 bridgehead atoms. The Balaban J connectivity index is 1.58. The molecule has 0 unspecified atom stereocenters. The number of carbonyl (C=O) groups is 1. The molecule has 0 atom stereocenters. The van der Waals surface area contributed by atoms with Gasteiger partial charge in [-0.3, -0.25) is 4.79 Å². The molecule has 0 spiro atoms. The summed E-state index contributed by atoms with van der Waals surface area (Å²) >= 11 is 8.01. The summed E-state index contributed by atoms with van der Waals surface area (Å²) in [5.74, 6) is 0.0692. The monoisotopic (exact) mass is 294 g/mol. The van der Waals surface area contributed by atoms with Crippen LogP contribution < -0.4 is 10.6 Å². The van der Waals surface area contributed by atoms with Crippen LogP contribution in [0.15, 0.2) is 24.3 Å². The minimum absolute atomic E-state index is 0.0692. The lowest BCUT2D eigenvalue weighted by Crippen LogP contribution is -2.34. The van der Waals surface area contributed by atoms with Crippen molar-refractivity contribution in [1.82, 2.24) is 10.6 Å². The highest BCUT2D eigenvalue weighted by Crippen LogP contribution is 2.34. The zero-order valence-corrected chi connectivity index (χ0v) is 12.0. The number of halogens is 1. The Kier molecular flexibility index (Phi) is 3.73. The molecule has 3 rings (SSSR count). The topological polar surface area (TPSA) is 41.1 Å². The summed E-state index contributed by atoms with van der Waals surface area (Å²) in [6.07, 6.45) is 2.24. The van der Waals surface area contributed by atoms with E-state index in [-0.39, 0.29) is 5.91 Å². The Hall–Kier alpha value is -1.10. The molecule has 3 nitrogen and oxygen atoms in total. The summed E-state index contributed by atoms with van der Waals surface area (Å²) in [6.45, 7) is 0.983. The van der Waals surface area contributed by atoms with Gasteiger partial charge < -0.3 is 10.6 Å². The predicted molar refractivity (Wildman–Crippen MR) is 79.7 cm³/mol. The highest BCUT2D eigenvalue weighted by atomic mass is 35.5. The van der Waals surface area contributed by atoms with Crippen LogP contribution in [0.4, 0.5) is 0 Å². The smallest absolute Gasteiger partial charge is 0.234 e. The van der Waals surface area contributed by atoms with Crippen LogP contribution in [0.2, 0.25) is 5.02 Å². The molecule has 0 saturated heterocycles. The van der Waals surface area contributed by atoms with E-state index >= 15 is 0 Å². The number of hydrogen-bond donors (Lipinski definition) is 2. The highest BCUT2D eigenvalue weighted by molar-refractivity contribution is 7.19. The molecular weight excluding hydrogens is 280 g/mol. The fraction of sp³-hybridized carbons (Fsp3) is 0.357. The number of benzene rings is 1. The summed E-state index contributed by atoms with van der Waals surface area (Å²) in [5.41, 5.74) is 0. The first-order valence-electron chi connectivity index (χ1n) is 6.40. The summed E-state index contributed by atoms with van der Waals surface area (Å²) in [6, 6.07) is 8.51. The summed E-state index contributed by atoms with van der Waals surface area (Å²) in [5, 5.41) is 7.99. The van der Waals surface area contributed by atoms with Gasteiger partial charge in [0, 0.05) is 27.5 Å². The van der Waals surface area contributed by atoms with Crippen LogP contribution in [0.3, 0.4) is 0 Å². The van der Waals surface area contributed by atoms with Gasteiger partial charge in [0.15, 0.2) is 0 Å². The second-order valence-electron chi connectivity index (χ2n) is 4.78. The highest BCUT2D eigenvalue weighted by Gasteiger charge is 2.22. The van der Waals surface area contributed by atoms with E-state index in [2.05, 4.69) is 16.7 Å². The molecular formula is C14H15ClN2OS. The number of carbonyl (C=O) groups excluding carboxylic acids is 1. The Labute approximate surface area is 121 Å². The first kappa shape index (κ1) is 12.9. The van der Waals surface area contributed by atoms with Crippen molar-refractivity contribution in [2.45, 2.75) is 25.4 Å². The molecule has 1 saturated carbocycles. The predicted octanol–water partition coefficient (Wildman–Crippen LogP) is 2.92. The van der Waals surface area contributed by atoms with Crippen LogP contribution in [0.1, 0.15) is 17.7 Å². The van der Waals surface area contributed by atoms with E-state index in [1.54, 1.807) is 11.3 Å². The summed E-state index contributed by atoms with van der Waals surface area (Å²) in [4.78, 5) is 12.6. The molecule has 1 aromatic carbocycles. The summed E-state index contributed by atoms with van der Waals surface area (Å²) in [7, 11) is 0. The van der Waals surface area contributed by atoms with Gasteiger partial charge in [0.2, 0.25) is 5.91 Å². The van der Waals surface area contributed by atoms with Gasteiger partial charge in [-0.2, -0.15) is 0 Å². The molecule has 0 aliphatic heterocycles. The maximum absolute atomic E-state index is 11.5. The average molecular weight is 295 g/mol. The van der Waals surface area contributed by atoms with Crippen molar-refractivity contribution in [1.29, 1.82) is 0 Å². The fourth-order valence-electron chi connectivity index (χ4n) is 1.97. The third kappa shape index (κ3) is 3.08. The number of fused-ring (bicyclic) bond motifs is 1. The molecule has 1 aliphatic rings. The number of nitrogens with one attached hydrogen (secondary N) is 2. The number of amides is 1. The van der Waals surface area contributed by atoms with Gasteiger partial charge >= 0.3 is 0 Å². The van der Waals surface area contributed by atoms with E-state index in [9.17, 15) is 4.79 Å². The Morgan fingerprint density at radius 3 is 2.89 bits per heavy atom. The van der Waals surface area contributed by atoms with Crippen molar-refractivity contribution in [3.8, 4) is 0 Å². The van der Waals surface area contributed by atoms with Gasteiger partial charge in [-0.05, 0) is 18.9 Å². The minimum Gasteiger partial charge on any atom is -0.352 e. The SMILES string of the molecule is O=C(CNCc1sc2ccccc2c1Cl)NC1CC1. The quantitative estimate of drug-likeness (QED) is 0.890. The maximum atomic E-state index is 11.5. The van der Waals surface area contributed by atoms with Crippen molar-refractivity contribution in [2.75, 3.05) is 6.54 Å². The van der Waals surface area contributed by atoms with Crippen molar-refractivity contribution in [3.63, 3.8) is 0 Å². The van der Waals surface area contributed by atoms with Gasteiger partial charge in [0.1, 0.15) is 0 Å². The van der Waals surface area contributed by atoms with E-state index in [1.165, 1.54) is 4.70 Å². The van der Waals surface area contributed by atoms with Crippen LogP contribution in [0.5, 0.6) is 0 Å². The van der Waals surface area contributed by atoms with Crippen molar-refractivity contribution >= 4 is 38.9 Å². The Morgan fingerprint density at radius 1 is 1.37 bits per heavy atom. The lowest BCUT2D eigenvalue weighted by Gasteiger charge is -2.04. The Morgan fingerprint density at radius 2 is 2.16 bits per heavy atom. The van der Waals surface area contributed by atoms with E-state index in [1.807, 2.05) is 18.2 Å². The van der Waals surface area contributed by atoms with Crippen molar-refractivity contribution in [2.24, 2.45) is 0 Å². The van der Waals surface area contributed by atoms with Crippen LogP contribution in [-0.4, -0.2) is 18.5 Å². The Bertz CT molecular complexity index is 607. The lowest BCUT2D eigenvalue weighted by molar-refractivity contribution is -0.120. The van der Waals surface area contributed by atoms with Gasteiger partial charge in [-0.25, -0.2) is 0 Å². The van der Waals surface area contributed by atoms with Crippen LogP contribution in [0, 0.1) is 0 Å².